The molecule has 5 heteroatoms. The summed E-state index contributed by atoms with van der Waals surface area (Å²) < 4.78 is 0. The SMILES string of the molecule is CCN1C(=O)C1([NH])CCC(=O)[O-]. The summed E-state index contributed by atoms with van der Waals surface area (Å²) in [6.07, 6.45) is -0.201. The zero-order valence-corrected chi connectivity index (χ0v) is 6.79. The van der Waals surface area contributed by atoms with Crippen molar-refractivity contribution in [3.63, 3.8) is 0 Å². The van der Waals surface area contributed by atoms with Crippen LogP contribution in [0.25, 0.3) is 0 Å². The van der Waals surface area contributed by atoms with Crippen LogP contribution in [0.2, 0.25) is 0 Å². The van der Waals surface area contributed by atoms with E-state index < -0.39 is 11.6 Å². The maximum Gasteiger partial charge on any atom is 0.266 e. The molecule has 0 spiro atoms. The summed E-state index contributed by atoms with van der Waals surface area (Å²) in [7, 11) is 0. The zero-order chi connectivity index (χ0) is 9.35. The number of likely N-dealkylation sites (N-methyl/N-ethyl adjacent to an activating group) is 1. The van der Waals surface area contributed by atoms with E-state index in [0.717, 1.165) is 0 Å². The van der Waals surface area contributed by atoms with Gasteiger partial charge in [0.05, 0.1) is 0 Å². The van der Waals surface area contributed by atoms with Gasteiger partial charge in [0.25, 0.3) is 5.91 Å². The molecule has 1 rings (SSSR count). The molecule has 0 aromatic rings. The van der Waals surface area contributed by atoms with Gasteiger partial charge in [-0.2, -0.15) is 0 Å². The van der Waals surface area contributed by atoms with E-state index in [1.165, 1.54) is 4.90 Å². The highest BCUT2D eigenvalue weighted by Gasteiger charge is 2.58. The van der Waals surface area contributed by atoms with Crippen molar-refractivity contribution in [1.29, 1.82) is 0 Å². The topological polar surface area (TPSA) is 84.0 Å². The van der Waals surface area contributed by atoms with Crippen molar-refractivity contribution < 1.29 is 14.7 Å². The van der Waals surface area contributed by atoms with Crippen LogP contribution in [0.1, 0.15) is 19.8 Å². The van der Waals surface area contributed by atoms with Gasteiger partial charge in [-0.15, -0.1) is 0 Å². The molecule has 1 aliphatic rings. The average Bonchev–Trinajstić information content (AvgIpc) is 2.52. The Balaban J connectivity index is 2.43. The molecule has 1 aliphatic heterocycles. The quantitative estimate of drug-likeness (QED) is 0.474. The molecule has 1 radical (unpaired) electrons. The number of amides is 1. The molecule has 1 heterocycles. The number of nitrogens with zero attached hydrogens (tertiary/aromatic N) is 1. The Morgan fingerprint density at radius 2 is 2.33 bits per heavy atom. The lowest BCUT2D eigenvalue weighted by atomic mass is 10.2. The van der Waals surface area contributed by atoms with Crippen molar-refractivity contribution in [2.24, 2.45) is 0 Å². The molecule has 1 unspecified atom stereocenters. The van der Waals surface area contributed by atoms with E-state index in [2.05, 4.69) is 0 Å². The number of hydrogen-bond donors (Lipinski definition) is 0. The zero-order valence-electron chi connectivity index (χ0n) is 6.79. The molecule has 0 aromatic heterocycles. The van der Waals surface area contributed by atoms with E-state index in [9.17, 15) is 14.7 Å². The van der Waals surface area contributed by atoms with Crippen LogP contribution < -0.4 is 10.8 Å². The van der Waals surface area contributed by atoms with E-state index >= 15 is 0 Å². The lowest BCUT2D eigenvalue weighted by Crippen LogP contribution is -2.27. The van der Waals surface area contributed by atoms with E-state index in [0.29, 0.717) is 6.54 Å². The Morgan fingerprint density at radius 3 is 2.67 bits per heavy atom. The Labute approximate surface area is 70.1 Å². The fourth-order valence-corrected chi connectivity index (χ4v) is 1.25. The van der Waals surface area contributed by atoms with Crippen molar-refractivity contribution in [3.05, 3.63) is 0 Å². The second kappa shape index (κ2) is 2.75. The van der Waals surface area contributed by atoms with Crippen LogP contribution in [-0.2, 0) is 9.59 Å². The average molecular weight is 170 g/mol. The summed E-state index contributed by atoms with van der Waals surface area (Å²) in [5.41, 5.74) is 6.22. The molecule has 0 aromatic carbocycles. The van der Waals surface area contributed by atoms with Crippen molar-refractivity contribution in [3.8, 4) is 0 Å². The molecule has 0 bridgehead atoms. The third kappa shape index (κ3) is 1.27. The molecule has 1 fully saturated rings. The monoisotopic (exact) mass is 170 g/mol. The Kier molecular flexibility index (Phi) is 2.06. The van der Waals surface area contributed by atoms with Crippen LogP contribution in [0.4, 0.5) is 0 Å². The minimum Gasteiger partial charge on any atom is -0.550 e. The van der Waals surface area contributed by atoms with Crippen molar-refractivity contribution in [2.75, 3.05) is 6.54 Å². The molecular weight excluding hydrogens is 160 g/mol. The van der Waals surface area contributed by atoms with Gasteiger partial charge in [0.15, 0.2) is 5.66 Å². The van der Waals surface area contributed by atoms with E-state index in [1.54, 1.807) is 6.92 Å². The molecule has 0 saturated carbocycles. The molecule has 0 aliphatic carbocycles. The van der Waals surface area contributed by atoms with Gasteiger partial charge in [0, 0.05) is 12.5 Å². The largest absolute Gasteiger partial charge is 0.550 e. The number of rotatable bonds is 4. The molecule has 12 heavy (non-hydrogen) atoms. The van der Waals surface area contributed by atoms with E-state index in [4.69, 9.17) is 5.73 Å². The van der Waals surface area contributed by atoms with E-state index in [1.807, 2.05) is 0 Å². The van der Waals surface area contributed by atoms with Gasteiger partial charge in [-0.1, -0.05) is 0 Å². The molecule has 67 valence electrons. The molecule has 1 N–H and O–H groups in total. The number of carboxylic acid groups (broad SMARTS) is 1. The molecule has 1 saturated heterocycles. The summed E-state index contributed by atoms with van der Waals surface area (Å²) in [6, 6.07) is 0. The minimum atomic E-state index is -1.27. The lowest BCUT2D eigenvalue weighted by Gasteiger charge is -2.07. The second-order valence-corrected chi connectivity index (χ2v) is 2.78. The van der Waals surface area contributed by atoms with Crippen LogP contribution in [0.15, 0.2) is 0 Å². The highest BCUT2D eigenvalue weighted by Crippen LogP contribution is 2.34. The number of hydrogen-bond acceptors (Lipinski definition) is 3. The van der Waals surface area contributed by atoms with Gasteiger partial charge < -0.3 is 14.8 Å². The second-order valence-electron chi connectivity index (χ2n) is 2.78. The lowest BCUT2D eigenvalue weighted by molar-refractivity contribution is -0.306. The number of carbonyl (C=O) groups excluding carboxylic acids is 2. The van der Waals surface area contributed by atoms with Crippen LogP contribution in [0.3, 0.4) is 0 Å². The van der Waals surface area contributed by atoms with Crippen molar-refractivity contribution in [2.45, 2.75) is 25.4 Å². The number of aliphatic carboxylic acids is 1. The van der Waals surface area contributed by atoms with Crippen molar-refractivity contribution in [1.82, 2.24) is 10.6 Å². The minimum absolute atomic E-state index is 0.0298. The molecule has 1 amide bonds. The van der Waals surface area contributed by atoms with Gasteiger partial charge in [-0.3, -0.25) is 4.79 Å². The molecular formula is C7H10N2O3-. The van der Waals surface area contributed by atoms with Crippen LogP contribution >= 0.6 is 0 Å². The third-order valence-corrected chi connectivity index (χ3v) is 2.02. The summed E-state index contributed by atoms with van der Waals surface area (Å²) >= 11 is 0. The Morgan fingerprint density at radius 1 is 1.75 bits per heavy atom. The normalized spacial score (nSPS) is 27.5. The first-order valence-corrected chi connectivity index (χ1v) is 3.79. The Hall–Kier alpha value is -1.10. The van der Waals surface area contributed by atoms with Gasteiger partial charge in [0.2, 0.25) is 0 Å². The van der Waals surface area contributed by atoms with Gasteiger partial charge in [-0.25, -0.2) is 5.73 Å². The first-order valence-electron chi connectivity index (χ1n) is 3.79. The van der Waals surface area contributed by atoms with E-state index in [-0.39, 0.29) is 18.7 Å². The predicted molar refractivity (Wildman–Crippen MR) is 37.5 cm³/mol. The maximum atomic E-state index is 10.9. The maximum absolute atomic E-state index is 10.9. The highest BCUT2D eigenvalue weighted by molar-refractivity contribution is 6.01. The number of nitrogens with one attached hydrogen (secondary N) is 1. The summed E-state index contributed by atoms with van der Waals surface area (Å²) in [4.78, 5) is 22.3. The van der Waals surface area contributed by atoms with Gasteiger partial charge in [0.1, 0.15) is 0 Å². The first-order chi connectivity index (χ1) is 5.52. The first kappa shape index (κ1) is 8.99. The third-order valence-electron chi connectivity index (χ3n) is 2.02. The summed E-state index contributed by atoms with van der Waals surface area (Å²) in [5.74, 6) is -1.50. The fraction of sp³-hybridized carbons (Fsp3) is 0.714. The standard InChI is InChI=1S/C7H11N2O3/c1-2-9-6(12)7(9,8)4-3-5(10)11/h8H,2-4H2,1H3,(H,10,11)/p-1. The van der Waals surface area contributed by atoms with Crippen LogP contribution in [0.5, 0.6) is 0 Å². The van der Waals surface area contributed by atoms with Gasteiger partial charge in [-0.05, 0) is 19.8 Å². The fourth-order valence-electron chi connectivity index (χ4n) is 1.25. The Bertz CT molecular complexity index is 229. The summed E-state index contributed by atoms with van der Waals surface area (Å²) in [6.45, 7) is 2.22. The van der Waals surface area contributed by atoms with Crippen LogP contribution in [0, 0.1) is 0 Å². The number of carbonyl (C=O) groups is 2. The molecule has 1 atom stereocenters. The highest BCUT2D eigenvalue weighted by atomic mass is 16.4. The predicted octanol–water partition coefficient (Wildman–Crippen LogP) is -1.64. The van der Waals surface area contributed by atoms with Gasteiger partial charge >= 0.3 is 0 Å². The van der Waals surface area contributed by atoms with Crippen molar-refractivity contribution >= 4 is 11.9 Å². The smallest absolute Gasteiger partial charge is 0.266 e. The molecule has 5 nitrogen and oxygen atoms in total. The number of carboxylic acids is 1. The van der Waals surface area contributed by atoms with Crippen LogP contribution in [-0.4, -0.2) is 29.0 Å². The summed E-state index contributed by atoms with van der Waals surface area (Å²) in [5, 5.41) is 10.1.